The molecule has 0 aromatic carbocycles. The second-order valence-corrected chi connectivity index (χ2v) is 4.06. The van der Waals surface area contributed by atoms with Crippen molar-refractivity contribution in [3.8, 4) is 5.88 Å². The Kier molecular flexibility index (Phi) is 2.75. The van der Waals surface area contributed by atoms with Crippen LogP contribution < -0.4 is 10.5 Å². The van der Waals surface area contributed by atoms with Crippen molar-refractivity contribution in [3.63, 3.8) is 0 Å². The van der Waals surface area contributed by atoms with Crippen molar-refractivity contribution >= 4 is 5.82 Å². The zero-order valence-electron chi connectivity index (χ0n) is 9.29. The number of rotatable bonds is 4. The van der Waals surface area contributed by atoms with Gasteiger partial charge in [-0.1, -0.05) is 6.92 Å². The standard InChI is InChI=1S/C11H17N3O/c1-3-9-13-10(12)7(2)11(14-9)15-6-8-4-5-8/h8H,3-6H2,1-2H3,(H2,12,13,14). The van der Waals surface area contributed by atoms with Gasteiger partial charge in [-0.25, -0.2) is 4.98 Å². The monoisotopic (exact) mass is 207 g/mol. The molecule has 82 valence electrons. The molecule has 1 aromatic rings. The predicted octanol–water partition coefficient (Wildman–Crippen LogP) is 1.72. The third-order valence-electron chi connectivity index (χ3n) is 2.65. The van der Waals surface area contributed by atoms with Crippen LogP contribution in [0.5, 0.6) is 5.88 Å². The average Bonchev–Trinajstić information content (AvgIpc) is 3.03. The quantitative estimate of drug-likeness (QED) is 0.816. The van der Waals surface area contributed by atoms with Crippen molar-refractivity contribution < 1.29 is 4.74 Å². The summed E-state index contributed by atoms with van der Waals surface area (Å²) >= 11 is 0. The fraction of sp³-hybridized carbons (Fsp3) is 0.636. The molecule has 1 saturated carbocycles. The summed E-state index contributed by atoms with van der Waals surface area (Å²) in [6, 6.07) is 0. The smallest absolute Gasteiger partial charge is 0.221 e. The van der Waals surface area contributed by atoms with E-state index in [1.807, 2.05) is 13.8 Å². The van der Waals surface area contributed by atoms with Crippen LogP contribution in [0.3, 0.4) is 0 Å². The number of nitrogen functional groups attached to an aromatic ring is 1. The van der Waals surface area contributed by atoms with Gasteiger partial charge in [-0.2, -0.15) is 4.98 Å². The molecule has 0 bridgehead atoms. The van der Waals surface area contributed by atoms with Crippen molar-refractivity contribution in [1.82, 2.24) is 9.97 Å². The van der Waals surface area contributed by atoms with Gasteiger partial charge >= 0.3 is 0 Å². The zero-order chi connectivity index (χ0) is 10.8. The number of hydrogen-bond acceptors (Lipinski definition) is 4. The Morgan fingerprint density at radius 1 is 1.40 bits per heavy atom. The minimum atomic E-state index is 0.535. The largest absolute Gasteiger partial charge is 0.477 e. The fourth-order valence-corrected chi connectivity index (χ4v) is 1.34. The van der Waals surface area contributed by atoms with Gasteiger partial charge in [0.05, 0.1) is 12.2 Å². The predicted molar refractivity (Wildman–Crippen MR) is 58.8 cm³/mol. The van der Waals surface area contributed by atoms with Gasteiger partial charge in [0.1, 0.15) is 11.6 Å². The Morgan fingerprint density at radius 2 is 2.13 bits per heavy atom. The molecule has 4 nitrogen and oxygen atoms in total. The zero-order valence-corrected chi connectivity index (χ0v) is 9.29. The van der Waals surface area contributed by atoms with Gasteiger partial charge in [0.15, 0.2) is 0 Å². The van der Waals surface area contributed by atoms with Crippen LogP contribution in [0.2, 0.25) is 0 Å². The minimum absolute atomic E-state index is 0.535. The molecule has 0 spiro atoms. The third-order valence-corrected chi connectivity index (χ3v) is 2.65. The Bertz CT molecular complexity index is 361. The normalized spacial score (nSPS) is 15.3. The van der Waals surface area contributed by atoms with E-state index in [2.05, 4.69) is 9.97 Å². The first kappa shape index (κ1) is 10.2. The van der Waals surface area contributed by atoms with E-state index in [-0.39, 0.29) is 0 Å². The summed E-state index contributed by atoms with van der Waals surface area (Å²) in [5.41, 5.74) is 6.64. The van der Waals surface area contributed by atoms with Crippen LogP contribution >= 0.6 is 0 Å². The number of nitrogens with zero attached hydrogens (tertiary/aromatic N) is 2. The molecule has 4 heteroatoms. The molecule has 1 aliphatic carbocycles. The van der Waals surface area contributed by atoms with Crippen LogP contribution in [0.15, 0.2) is 0 Å². The highest BCUT2D eigenvalue weighted by Gasteiger charge is 2.22. The second-order valence-electron chi connectivity index (χ2n) is 4.06. The highest BCUT2D eigenvalue weighted by Crippen LogP contribution is 2.30. The lowest BCUT2D eigenvalue weighted by Crippen LogP contribution is -2.08. The molecule has 1 aromatic heterocycles. The van der Waals surface area contributed by atoms with E-state index in [1.165, 1.54) is 12.8 Å². The fourth-order valence-electron chi connectivity index (χ4n) is 1.34. The molecular weight excluding hydrogens is 190 g/mol. The van der Waals surface area contributed by atoms with Crippen molar-refractivity contribution in [2.45, 2.75) is 33.1 Å². The van der Waals surface area contributed by atoms with E-state index in [9.17, 15) is 0 Å². The third kappa shape index (κ3) is 2.37. The summed E-state index contributed by atoms with van der Waals surface area (Å²) in [6.07, 6.45) is 3.34. The topological polar surface area (TPSA) is 61.0 Å². The lowest BCUT2D eigenvalue weighted by atomic mass is 10.3. The van der Waals surface area contributed by atoms with E-state index in [0.29, 0.717) is 11.7 Å². The first-order chi connectivity index (χ1) is 7.20. The highest BCUT2D eigenvalue weighted by molar-refractivity contribution is 5.44. The van der Waals surface area contributed by atoms with E-state index in [1.54, 1.807) is 0 Å². The van der Waals surface area contributed by atoms with E-state index < -0.39 is 0 Å². The first-order valence-corrected chi connectivity index (χ1v) is 5.46. The van der Waals surface area contributed by atoms with Crippen LogP contribution in [0, 0.1) is 12.8 Å². The molecule has 2 rings (SSSR count). The Balaban J connectivity index is 2.15. The van der Waals surface area contributed by atoms with Gasteiger partial charge in [-0.3, -0.25) is 0 Å². The maximum atomic E-state index is 5.79. The van der Waals surface area contributed by atoms with Gasteiger partial charge < -0.3 is 10.5 Å². The number of ether oxygens (including phenoxy) is 1. The molecule has 0 saturated heterocycles. The van der Waals surface area contributed by atoms with Crippen LogP contribution in [-0.2, 0) is 6.42 Å². The molecule has 0 aliphatic heterocycles. The Morgan fingerprint density at radius 3 is 2.73 bits per heavy atom. The summed E-state index contributed by atoms with van der Waals surface area (Å²) in [7, 11) is 0. The van der Waals surface area contributed by atoms with Gasteiger partial charge in [0.2, 0.25) is 5.88 Å². The molecule has 0 unspecified atom stereocenters. The number of aromatic nitrogens is 2. The minimum Gasteiger partial charge on any atom is -0.477 e. The average molecular weight is 207 g/mol. The van der Waals surface area contributed by atoms with Crippen molar-refractivity contribution in [1.29, 1.82) is 0 Å². The maximum Gasteiger partial charge on any atom is 0.221 e. The Hall–Kier alpha value is -1.32. The molecular formula is C11H17N3O. The highest BCUT2D eigenvalue weighted by atomic mass is 16.5. The van der Waals surface area contributed by atoms with E-state index in [0.717, 1.165) is 30.3 Å². The van der Waals surface area contributed by atoms with Gasteiger partial charge in [0, 0.05) is 6.42 Å². The molecule has 15 heavy (non-hydrogen) atoms. The van der Waals surface area contributed by atoms with Gasteiger partial charge in [-0.15, -0.1) is 0 Å². The van der Waals surface area contributed by atoms with Crippen LogP contribution in [0.4, 0.5) is 5.82 Å². The number of hydrogen-bond donors (Lipinski definition) is 1. The summed E-state index contributed by atoms with van der Waals surface area (Å²) in [5.74, 6) is 2.67. The van der Waals surface area contributed by atoms with Crippen molar-refractivity contribution in [3.05, 3.63) is 11.4 Å². The summed E-state index contributed by atoms with van der Waals surface area (Å²) in [4.78, 5) is 8.52. The van der Waals surface area contributed by atoms with Crippen molar-refractivity contribution in [2.24, 2.45) is 5.92 Å². The molecule has 0 radical (unpaired) electrons. The van der Waals surface area contributed by atoms with Crippen LogP contribution in [0.1, 0.15) is 31.2 Å². The Labute approximate surface area is 89.9 Å². The van der Waals surface area contributed by atoms with Crippen LogP contribution in [0.25, 0.3) is 0 Å². The summed E-state index contributed by atoms with van der Waals surface area (Å²) < 4.78 is 5.65. The first-order valence-electron chi connectivity index (χ1n) is 5.46. The maximum absolute atomic E-state index is 5.79. The van der Waals surface area contributed by atoms with E-state index >= 15 is 0 Å². The van der Waals surface area contributed by atoms with E-state index in [4.69, 9.17) is 10.5 Å². The summed E-state index contributed by atoms with van der Waals surface area (Å²) in [6.45, 7) is 4.67. The molecule has 0 atom stereocenters. The number of anilines is 1. The number of aryl methyl sites for hydroxylation is 1. The summed E-state index contributed by atoms with van der Waals surface area (Å²) in [5, 5.41) is 0. The second kappa shape index (κ2) is 4.04. The molecule has 1 aliphatic rings. The van der Waals surface area contributed by atoms with Crippen LogP contribution in [-0.4, -0.2) is 16.6 Å². The molecule has 2 N–H and O–H groups in total. The molecule has 1 heterocycles. The lowest BCUT2D eigenvalue weighted by Gasteiger charge is -2.10. The molecule has 0 amide bonds. The van der Waals surface area contributed by atoms with Crippen molar-refractivity contribution in [2.75, 3.05) is 12.3 Å². The van der Waals surface area contributed by atoms with Gasteiger partial charge in [-0.05, 0) is 25.7 Å². The SMILES string of the molecule is CCc1nc(N)c(C)c(OCC2CC2)n1. The lowest BCUT2D eigenvalue weighted by molar-refractivity contribution is 0.285. The molecule has 1 fully saturated rings. The number of nitrogens with two attached hydrogens (primary N) is 1. The van der Waals surface area contributed by atoms with Gasteiger partial charge in [0.25, 0.3) is 0 Å².